The van der Waals surface area contributed by atoms with Gasteiger partial charge in [0, 0.05) is 18.7 Å². The van der Waals surface area contributed by atoms with E-state index in [1.54, 1.807) is 0 Å². The van der Waals surface area contributed by atoms with Crippen molar-refractivity contribution >= 4 is 5.97 Å². The summed E-state index contributed by atoms with van der Waals surface area (Å²) >= 11 is 0. The lowest BCUT2D eigenvalue weighted by atomic mass is 9.86. The number of hydrogen-bond donors (Lipinski definition) is 3. The maximum Gasteiger partial charge on any atom is 0.332 e. The van der Waals surface area contributed by atoms with Gasteiger partial charge in [-0.05, 0) is 18.8 Å². The van der Waals surface area contributed by atoms with Crippen LogP contribution in [-0.2, 0) is 4.79 Å². The third kappa shape index (κ3) is 4.01. The molecular formula is C11H19NO3. The maximum absolute atomic E-state index is 10.5. The number of aliphatic hydroxyl groups is 1. The molecule has 86 valence electrons. The summed E-state index contributed by atoms with van der Waals surface area (Å²) in [4.78, 5) is 10.5. The third-order valence-corrected chi connectivity index (χ3v) is 2.92. The second kappa shape index (κ2) is 5.88. The molecule has 0 bridgehead atoms. The normalized spacial score (nSPS) is 26.2. The van der Waals surface area contributed by atoms with Crippen molar-refractivity contribution in [3.63, 3.8) is 0 Å². The van der Waals surface area contributed by atoms with Crippen LogP contribution in [0, 0.1) is 5.92 Å². The van der Waals surface area contributed by atoms with Crippen LogP contribution in [0.15, 0.2) is 12.2 Å². The standard InChI is InChI=1S/C11H19NO3/c1-8(11(14)15)6-12-7-9-4-2-3-5-10(9)13/h9-10,12-13H,1-7H2,(H,14,15). The predicted molar refractivity (Wildman–Crippen MR) is 57.6 cm³/mol. The van der Waals surface area contributed by atoms with E-state index < -0.39 is 5.97 Å². The molecule has 0 aromatic rings. The molecule has 3 N–H and O–H groups in total. The first-order chi connectivity index (χ1) is 7.11. The van der Waals surface area contributed by atoms with Gasteiger partial charge in [0.15, 0.2) is 0 Å². The lowest BCUT2D eigenvalue weighted by Crippen LogP contribution is -2.35. The second-order valence-electron chi connectivity index (χ2n) is 4.15. The van der Waals surface area contributed by atoms with Crippen LogP contribution in [-0.4, -0.2) is 35.4 Å². The number of carboxylic acid groups (broad SMARTS) is 1. The quantitative estimate of drug-likeness (QED) is 0.590. The minimum absolute atomic E-state index is 0.167. The molecule has 0 aromatic heterocycles. The Hall–Kier alpha value is -0.870. The topological polar surface area (TPSA) is 69.6 Å². The summed E-state index contributed by atoms with van der Waals surface area (Å²) in [5, 5.41) is 21.3. The molecule has 0 amide bonds. The molecule has 15 heavy (non-hydrogen) atoms. The monoisotopic (exact) mass is 213 g/mol. The Morgan fingerprint density at radius 3 is 2.67 bits per heavy atom. The Morgan fingerprint density at radius 2 is 2.07 bits per heavy atom. The molecule has 0 spiro atoms. The third-order valence-electron chi connectivity index (χ3n) is 2.92. The van der Waals surface area contributed by atoms with E-state index in [9.17, 15) is 9.90 Å². The van der Waals surface area contributed by atoms with Crippen LogP contribution < -0.4 is 5.32 Å². The van der Waals surface area contributed by atoms with E-state index in [0.717, 1.165) is 25.7 Å². The molecule has 4 nitrogen and oxygen atoms in total. The van der Waals surface area contributed by atoms with Gasteiger partial charge in [0.25, 0.3) is 0 Å². The largest absolute Gasteiger partial charge is 0.478 e. The zero-order valence-corrected chi connectivity index (χ0v) is 8.91. The molecule has 1 aliphatic carbocycles. The number of rotatable bonds is 5. The van der Waals surface area contributed by atoms with Gasteiger partial charge < -0.3 is 15.5 Å². The summed E-state index contributed by atoms with van der Waals surface area (Å²) in [5.74, 6) is -0.702. The number of carboxylic acids is 1. The molecule has 0 radical (unpaired) electrons. The average Bonchev–Trinajstić information content (AvgIpc) is 2.20. The van der Waals surface area contributed by atoms with Crippen molar-refractivity contribution < 1.29 is 15.0 Å². The van der Waals surface area contributed by atoms with Gasteiger partial charge in [-0.2, -0.15) is 0 Å². The van der Waals surface area contributed by atoms with Crippen molar-refractivity contribution in [3.8, 4) is 0 Å². The molecule has 0 aromatic carbocycles. The van der Waals surface area contributed by atoms with Crippen molar-refractivity contribution in [2.45, 2.75) is 31.8 Å². The molecule has 1 fully saturated rings. The molecular weight excluding hydrogens is 194 g/mol. The van der Waals surface area contributed by atoms with Crippen LogP contribution in [0.2, 0.25) is 0 Å². The second-order valence-corrected chi connectivity index (χ2v) is 4.15. The van der Waals surface area contributed by atoms with Gasteiger partial charge >= 0.3 is 5.97 Å². The number of aliphatic carboxylic acids is 1. The Kier molecular flexibility index (Phi) is 4.78. The van der Waals surface area contributed by atoms with Crippen molar-refractivity contribution in [3.05, 3.63) is 12.2 Å². The average molecular weight is 213 g/mol. The minimum Gasteiger partial charge on any atom is -0.478 e. The first-order valence-electron chi connectivity index (χ1n) is 5.41. The highest BCUT2D eigenvalue weighted by Gasteiger charge is 2.22. The van der Waals surface area contributed by atoms with Crippen LogP contribution in [0.4, 0.5) is 0 Å². The van der Waals surface area contributed by atoms with Gasteiger partial charge in [-0.25, -0.2) is 4.79 Å². The van der Waals surface area contributed by atoms with E-state index in [0.29, 0.717) is 13.1 Å². The molecule has 0 saturated heterocycles. The van der Waals surface area contributed by atoms with Crippen molar-refractivity contribution in [2.75, 3.05) is 13.1 Å². The molecule has 2 unspecified atom stereocenters. The molecule has 0 aliphatic heterocycles. The zero-order valence-electron chi connectivity index (χ0n) is 8.91. The fourth-order valence-corrected chi connectivity index (χ4v) is 1.91. The first-order valence-corrected chi connectivity index (χ1v) is 5.41. The van der Waals surface area contributed by atoms with Crippen LogP contribution >= 0.6 is 0 Å². The summed E-state index contributed by atoms with van der Waals surface area (Å²) in [5.41, 5.74) is 0.167. The first kappa shape index (κ1) is 12.2. The summed E-state index contributed by atoms with van der Waals surface area (Å²) < 4.78 is 0. The van der Waals surface area contributed by atoms with Gasteiger partial charge in [-0.3, -0.25) is 0 Å². The van der Waals surface area contributed by atoms with Gasteiger partial charge in [0.05, 0.1) is 6.10 Å². The van der Waals surface area contributed by atoms with Crippen LogP contribution in [0.25, 0.3) is 0 Å². The molecule has 1 saturated carbocycles. The fourth-order valence-electron chi connectivity index (χ4n) is 1.91. The van der Waals surface area contributed by atoms with E-state index in [2.05, 4.69) is 11.9 Å². The predicted octanol–water partition coefficient (Wildman–Crippen LogP) is 0.768. The summed E-state index contributed by atoms with van der Waals surface area (Å²) in [6.07, 6.45) is 3.91. The van der Waals surface area contributed by atoms with Gasteiger partial charge in [-0.15, -0.1) is 0 Å². The highest BCUT2D eigenvalue weighted by atomic mass is 16.4. The highest BCUT2D eigenvalue weighted by Crippen LogP contribution is 2.23. The Balaban J connectivity index is 2.19. The molecule has 0 heterocycles. The molecule has 1 aliphatic rings. The maximum atomic E-state index is 10.5. The Labute approximate surface area is 90.0 Å². The fraction of sp³-hybridized carbons (Fsp3) is 0.727. The van der Waals surface area contributed by atoms with Crippen molar-refractivity contribution in [1.82, 2.24) is 5.32 Å². The molecule has 1 rings (SSSR count). The summed E-state index contributed by atoms with van der Waals surface area (Å²) in [6, 6.07) is 0. The smallest absolute Gasteiger partial charge is 0.332 e. The van der Waals surface area contributed by atoms with E-state index in [1.807, 2.05) is 0 Å². The van der Waals surface area contributed by atoms with E-state index in [1.165, 1.54) is 0 Å². The SMILES string of the molecule is C=C(CNCC1CCCCC1O)C(=O)O. The van der Waals surface area contributed by atoms with E-state index >= 15 is 0 Å². The Bertz CT molecular complexity index is 240. The molecule has 4 heteroatoms. The summed E-state index contributed by atoms with van der Waals surface area (Å²) in [6.45, 7) is 4.40. The summed E-state index contributed by atoms with van der Waals surface area (Å²) in [7, 11) is 0. The number of hydrogen-bond acceptors (Lipinski definition) is 3. The molecule has 2 atom stereocenters. The van der Waals surface area contributed by atoms with Gasteiger partial charge in [-0.1, -0.05) is 19.4 Å². The Morgan fingerprint density at radius 1 is 1.40 bits per heavy atom. The van der Waals surface area contributed by atoms with Crippen LogP contribution in [0.3, 0.4) is 0 Å². The van der Waals surface area contributed by atoms with Crippen LogP contribution in [0.5, 0.6) is 0 Å². The number of nitrogens with one attached hydrogen (secondary N) is 1. The van der Waals surface area contributed by atoms with Gasteiger partial charge in [0.1, 0.15) is 0 Å². The van der Waals surface area contributed by atoms with Crippen molar-refractivity contribution in [1.29, 1.82) is 0 Å². The van der Waals surface area contributed by atoms with Crippen molar-refractivity contribution in [2.24, 2.45) is 5.92 Å². The highest BCUT2D eigenvalue weighted by molar-refractivity contribution is 5.86. The number of carbonyl (C=O) groups is 1. The van der Waals surface area contributed by atoms with E-state index in [-0.39, 0.29) is 17.6 Å². The van der Waals surface area contributed by atoms with E-state index in [4.69, 9.17) is 5.11 Å². The van der Waals surface area contributed by atoms with Gasteiger partial charge in [0.2, 0.25) is 0 Å². The lowest BCUT2D eigenvalue weighted by molar-refractivity contribution is -0.132. The number of aliphatic hydroxyl groups excluding tert-OH is 1. The zero-order chi connectivity index (χ0) is 11.3. The minimum atomic E-state index is -0.966. The lowest BCUT2D eigenvalue weighted by Gasteiger charge is -2.27. The van der Waals surface area contributed by atoms with Crippen LogP contribution in [0.1, 0.15) is 25.7 Å².